The molecule has 39 heavy (non-hydrogen) atoms. The van der Waals surface area contributed by atoms with Crippen molar-refractivity contribution in [3.05, 3.63) is 47.5 Å². The number of ether oxygens (including phenoxy) is 3. The van der Waals surface area contributed by atoms with E-state index < -0.39 is 16.1 Å². The van der Waals surface area contributed by atoms with Crippen molar-refractivity contribution in [1.82, 2.24) is 14.6 Å². The summed E-state index contributed by atoms with van der Waals surface area (Å²) in [5, 5.41) is 0.800. The van der Waals surface area contributed by atoms with Crippen molar-refractivity contribution >= 4 is 43.2 Å². The summed E-state index contributed by atoms with van der Waals surface area (Å²) < 4.78 is 46.7. The highest BCUT2D eigenvalue weighted by atomic mass is 32.2. The highest BCUT2D eigenvalue weighted by Gasteiger charge is 2.32. The zero-order valence-electron chi connectivity index (χ0n) is 22.5. The predicted molar refractivity (Wildman–Crippen MR) is 151 cm³/mol. The maximum atomic E-state index is 13.6. The number of fused-ring (bicyclic) bond motifs is 1. The summed E-state index contributed by atoms with van der Waals surface area (Å²) in [6.07, 6.45) is 3.30. The Balaban J connectivity index is 1.55. The number of pyridine rings is 1. The van der Waals surface area contributed by atoms with E-state index >= 15 is 0 Å². The van der Waals surface area contributed by atoms with Crippen molar-refractivity contribution in [3.8, 4) is 5.75 Å². The monoisotopic (exact) mass is 576 g/mol. The number of sulfonamides is 1. The van der Waals surface area contributed by atoms with Gasteiger partial charge in [0, 0.05) is 54.9 Å². The molecule has 12 heteroatoms. The number of carbonyl (C=O) groups is 1. The number of piperidine rings is 1. The van der Waals surface area contributed by atoms with Crippen molar-refractivity contribution in [2.24, 2.45) is 5.92 Å². The number of nitrogen functional groups attached to an aromatic ring is 1. The van der Waals surface area contributed by atoms with Crippen molar-refractivity contribution in [1.29, 1.82) is 0 Å². The van der Waals surface area contributed by atoms with Crippen LogP contribution in [-0.2, 0) is 30.7 Å². The van der Waals surface area contributed by atoms with E-state index in [4.69, 9.17) is 19.9 Å². The molecule has 1 aromatic carbocycles. The van der Waals surface area contributed by atoms with Crippen molar-refractivity contribution in [3.63, 3.8) is 0 Å². The molecule has 2 aromatic heterocycles. The second-order valence-corrected chi connectivity index (χ2v) is 12.7. The number of methoxy groups -OCH3 is 2. The summed E-state index contributed by atoms with van der Waals surface area (Å²) in [6.45, 7) is 4.04. The van der Waals surface area contributed by atoms with Gasteiger partial charge in [-0.15, -0.1) is 11.3 Å². The number of nitrogens with two attached hydrogens (primary N) is 1. The van der Waals surface area contributed by atoms with Crippen LogP contribution in [0.15, 0.2) is 47.5 Å². The minimum atomic E-state index is -4.01. The van der Waals surface area contributed by atoms with Gasteiger partial charge in [-0.3, -0.25) is 4.79 Å². The van der Waals surface area contributed by atoms with E-state index in [1.807, 2.05) is 12.1 Å². The van der Waals surface area contributed by atoms with Gasteiger partial charge >= 0.3 is 0 Å². The number of rotatable bonds is 12. The molecule has 0 aliphatic carbocycles. The summed E-state index contributed by atoms with van der Waals surface area (Å²) >= 11 is 1.48. The lowest BCUT2D eigenvalue weighted by Crippen LogP contribution is -2.51. The Morgan fingerprint density at radius 2 is 1.82 bits per heavy atom. The van der Waals surface area contributed by atoms with Crippen molar-refractivity contribution in [2.45, 2.75) is 43.2 Å². The predicted octanol–water partition coefficient (Wildman–Crippen LogP) is 3.07. The van der Waals surface area contributed by atoms with Gasteiger partial charge in [0.15, 0.2) is 0 Å². The number of nitrogens with one attached hydrogen (secondary N) is 1. The largest absolute Gasteiger partial charge is 0.486 e. The summed E-state index contributed by atoms with van der Waals surface area (Å²) in [7, 11) is -0.874. The van der Waals surface area contributed by atoms with Crippen LogP contribution in [0.2, 0.25) is 0 Å². The summed E-state index contributed by atoms with van der Waals surface area (Å²) in [6, 6.07) is 8.87. The SMILES string of the molecule is COCC(COC)Oc1ccc(S(=O)(=O)NC(Cc2cc3c(N)nccc3s2)C(=O)N2CCC(C)CC2)cc1. The van der Waals surface area contributed by atoms with Crippen LogP contribution in [0.5, 0.6) is 5.75 Å². The van der Waals surface area contributed by atoms with Gasteiger partial charge in [0.1, 0.15) is 23.7 Å². The molecule has 0 spiro atoms. The molecule has 3 N–H and O–H groups in total. The van der Waals surface area contributed by atoms with Gasteiger partial charge in [0.2, 0.25) is 15.9 Å². The van der Waals surface area contributed by atoms with E-state index in [1.165, 1.54) is 23.5 Å². The Kier molecular flexibility index (Phi) is 9.78. The van der Waals surface area contributed by atoms with E-state index in [2.05, 4.69) is 16.6 Å². The number of hydrogen-bond acceptors (Lipinski definition) is 9. The van der Waals surface area contributed by atoms with E-state index in [0.29, 0.717) is 43.8 Å². The lowest BCUT2D eigenvalue weighted by Gasteiger charge is -2.33. The molecule has 3 aromatic rings. The molecule has 0 saturated carbocycles. The van der Waals surface area contributed by atoms with E-state index in [-0.39, 0.29) is 23.3 Å². The number of thiophene rings is 1. The van der Waals surface area contributed by atoms with Crippen LogP contribution in [-0.4, -0.2) is 76.9 Å². The summed E-state index contributed by atoms with van der Waals surface area (Å²) in [4.78, 5) is 20.4. The molecule has 0 radical (unpaired) electrons. The first-order valence-corrected chi connectivity index (χ1v) is 15.2. The molecule has 10 nitrogen and oxygen atoms in total. The Hall–Kier alpha value is -2.77. The Labute approximate surface area is 233 Å². The molecule has 4 rings (SSSR count). The quantitative estimate of drug-likeness (QED) is 0.336. The molecule has 1 unspecified atom stereocenters. The molecule has 1 atom stereocenters. The highest BCUT2D eigenvalue weighted by Crippen LogP contribution is 2.30. The van der Waals surface area contributed by atoms with Crippen LogP contribution < -0.4 is 15.2 Å². The molecule has 1 saturated heterocycles. The zero-order chi connectivity index (χ0) is 28.0. The number of carbonyl (C=O) groups excluding carboxylic acids is 1. The molecule has 0 bridgehead atoms. The third-order valence-electron chi connectivity index (χ3n) is 6.77. The fraction of sp³-hybridized carbons (Fsp3) is 0.481. The third kappa shape index (κ3) is 7.46. The third-order valence-corrected chi connectivity index (χ3v) is 9.38. The first-order chi connectivity index (χ1) is 18.7. The smallest absolute Gasteiger partial charge is 0.241 e. The molecule has 1 amide bonds. The molecular formula is C27H36N4O6S2. The van der Waals surface area contributed by atoms with Gasteiger partial charge in [-0.1, -0.05) is 6.92 Å². The number of hydrogen-bond donors (Lipinski definition) is 2. The van der Waals surface area contributed by atoms with Crippen LogP contribution in [0.4, 0.5) is 5.82 Å². The standard InChI is InChI=1S/C27H36N4O6S2/c1-18-9-12-31(13-10-18)27(32)24(15-21-14-23-25(38-21)8-11-29-26(23)28)30-39(33,34)22-6-4-19(5-7-22)37-20(16-35-2)17-36-3/h4-8,11,14,18,20,24,30H,9-10,12-13,15-17H2,1-3H3,(H2,28,29). The Morgan fingerprint density at radius 3 is 2.44 bits per heavy atom. The average molecular weight is 577 g/mol. The average Bonchev–Trinajstić information content (AvgIpc) is 3.33. The van der Waals surface area contributed by atoms with Gasteiger partial charge in [0.05, 0.1) is 18.1 Å². The second kappa shape index (κ2) is 13.1. The van der Waals surface area contributed by atoms with Gasteiger partial charge in [-0.2, -0.15) is 4.72 Å². The molecule has 1 fully saturated rings. The van der Waals surface area contributed by atoms with Crippen LogP contribution in [0.1, 0.15) is 24.6 Å². The van der Waals surface area contributed by atoms with E-state index in [1.54, 1.807) is 37.4 Å². The normalized spacial score (nSPS) is 15.6. The lowest BCUT2D eigenvalue weighted by atomic mass is 9.98. The first kappa shape index (κ1) is 29.2. The number of nitrogens with zero attached hydrogens (tertiary/aromatic N) is 2. The van der Waals surface area contributed by atoms with Crippen molar-refractivity contribution < 1.29 is 27.4 Å². The maximum absolute atomic E-state index is 13.6. The molecule has 1 aliphatic heterocycles. The van der Waals surface area contributed by atoms with Crippen molar-refractivity contribution in [2.75, 3.05) is 46.3 Å². The Bertz CT molecular complexity index is 1350. The van der Waals surface area contributed by atoms with Crippen LogP contribution in [0.25, 0.3) is 10.1 Å². The number of benzene rings is 1. The molecule has 3 heterocycles. The minimum absolute atomic E-state index is 0.0414. The van der Waals surface area contributed by atoms with E-state index in [0.717, 1.165) is 27.8 Å². The maximum Gasteiger partial charge on any atom is 0.241 e. The van der Waals surface area contributed by atoms with Crippen LogP contribution >= 0.6 is 11.3 Å². The molecule has 212 valence electrons. The van der Waals surface area contributed by atoms with Gasteiger partial charge in [0.25, 0.3) is 0 Å². The van der Waals surface area contributed by atoms with Crippen LogP contribution in [0.3, 0.4) is 0 Å². The number of amides is 1. The fourth-order valence-corrected chi connectivity index (χ4v) is 6.90. The summed E-state index contributed by atoms with van der Waals surface area (Å²) in [5.74, 6) is 1.20. The number of aromatic nitrogens is 1. The van der Waals surface area contributed by atoms with Crippen LogP contribution in [0, 0.1) is 5.92 Å². The molecular weight excluding hydrogens is 540 g/mol. The summed E-state index contributed by atoms with van der Waals surface area (Å²) in [5.41, 5.74) is 6.03. The molecule has 1 aliphatic rings. The second-order valence-electron chi connectivity index (χ2n) is 9.83. The highest BCUT2D eigenvalue weighted by molar-refractivity contribution is 7.89. The van der Waals surface area contributed by atoms with Gasteiger partial charge < -0.3 is 24.8 Å². The topological polar surface area (TPSA) is 133 Å². The first-order valence-electron chi connectivity index (χ1n) is 12.9. The fourth-order valence-electron chi connectivity index (χ4n) is 4.60. The lowest BCUT2D eigenvalue weighted by molar-refractivity contribution is -0.134. The van der Waals surface area contributed by atoms with Gasteiger partial charge in [-0.05, 0) is 55.2 Å². The minimum Gasteiger partial charge on any atom is -0.486 e. The zero-order valence-corrected chi connectivity index (χ0v) is 24.1. The van der Waals surface area contributed by atoms with E-state index in [9.17, 15) is 13.2 Å². The Morgan fingerprint density at radius 1 is 1.15 bits per heavy atom. The number of anilines is 1. The number of likely N-dealkylation sites (tertiary alicyclic amines) is 1. The van der Waals surface area contributed by atoms with Gasteiger partial charge in [-0.25, -0.2) is 13.4 Å².